The summed E-state index contributed by atoms with van der Waals surface area (Å²) in [5.74, 6) is 0.786. The van der Waals surface area contributed by atoms with Crippen LogP contribution in [0.25, 0.3) is 0 Å². The monoisotopic (exact) mass is 197 g/mol. The largest absolute Gasteiger partial charge is 0.303 e. The lowest BCUT2D eigenvalue weighted by Crippen LogP contribution is -2.46. The van der Waals surface area contributed by atoms with E-state index in [0.717, 1.165) is 25.3 Å². The van der Waals surface area contributed by atoms with E-state index in [2.05, 4.69) is 18.7 Å². The third-order valence-electron chi connectivity index (χ3n) is 3.18. The fourth-order valence-corrected chi connectivity index (χ4v) is 2.16. The highest BCUT2D eigenvalue weighted by Crippen LogP contribution is 2.24. The highest BCUT2D eigenvalue weighted by molar-refractivity contribution is 5.58. The summed E-state index contributed by atoms with van der Waals surface area (Å²) >= 11 is 0. The molecule has 1 fully saturated rings. The molecule has 1 saturated heterocycles. The molecule has 1 rings (SSSR count). The van der Waals surface area contributed by atoms with Crippen molar-refractivity contribution in [2.45, 2.75) is 46.6 Å². The van der Waals surface area contributed by atoms with Gasteiger partial charge in [0, 0.05) is 24.5 Å². The number of carbonyl (C=O) groups excluding carboxylic acids is 1. The van der Waals surface area contributed by atoms with Gasteiger partial charge < -0.3 is 4.79 Å². The van der Waals surface area contributed by atoms with Crippen LogP contribution in [0.1, 0.15) is 40.5 Å². The summed E-state index contributed by atoms with van der Waals surface area (Å²) in [6.07, 6.45) is 3.69. The molecular weight excluding hydrogens is 174 g/mol. The van der Waals surface area contributed by atoms with Gasteiger partial charge in [0.15, 0.2) is 0 Å². The molecule has 0 aromatic rings. The van der Waals surface area contributed by atoms with Crippen LogP contribution in [0.5, 0.6) is 0 Å². The molecule has 82 valence electrons. The quantitative estimate of drug-likeness (QED) is 0.647. The molecule has 2 heteroatoms. The molecule has 1 aliphatic heterocycles. The van der Waals surface area contributed by atoms with E-state index in [1.807, 2.05) is 13.8 Å². The number of piperidine rings is 1. The lowest BCUT2D eigenvalue weighted by Gasteiger charge is -2.39. The van der Waals surface area contributed by atoms with E-state index < -0.39 is 0 Å². The summed E-state index contributed by atoms with van der Waals surface area (Å²) in [7, 11) is 0. The van der Waals surface area contributed by atoms with Gasteiger partial charge in [0.25, 0.3) is 0 Å². The lowest BCUT2D eigenvalue weighted by atomic mass is 9.89. The molecule has 0 aromatic heterocycles. The summed E-state index contributed by atoms with van der Waals surface area (Å²) in [6, 6.07) is 0.644. The summed E-state index contributed by atoms with van der Waals surface area (Å²) in [5, 5.41) is 0. The average molecular weight is 197 g/mol. The Morgan fingerprint density at radius 2 is 2.00 bits per heavy atom. The Balaban J connectivity index is 2.53. The summed E-state index contributed by atoms with van der Waals surface area (Å²) < 4.78 is 0. The Hall–Kier alpha value is -0.370. The van der Waals surface area contributed by atoms with Crippen LogP contribution >= 0.6 is 0 Å². The molecule has 1 heterocycles. The van der Waals surface area contributed by atoms with Crippen LogP contribution in [0.2, 0.25) is 0 Å². The maximum Gasteiger partial charge on any atom is 0.126 e. The third kappa shape index (κ3) is 3.09. The summed E-state index contributed by atoms with van der Waals surface area (Å²) in [4.78, 5) is 13.3. The van der Waals surface area contributed by atoms with Crippen LogP contribution in [-0.2, 0) is 4.79 Å². The van der Waals surface area contributed by atoms with Gasteiger partial charge in [0.2, 0.25) is 0 Å². The SMILES string of the molecule is CC1CCC(C)N(CC(C)(C)C=O)C1. The topological polar surface area (TPSA) is 20.3 Å². The number of hydrogen-bond donors (Lipinski definition) is 0. The van der Waals surface area contributed by atoms with Gasteiger partial charge in [-0.15, -0.1) is 0 Å². The molecule has 14 heavy (non-hydrogen) atoms. The molecular formula is C12H23NO. The van der Waals surface area contributed by atoms with Crippen molar-refractivity contribution in [3.63, 3.8) is 0 Å². The van der Waals surface area contributed by atoms with Crippen molar-refractivity contribution in [2.75, 3.05) is 13.1 Å². The number of nitrogens with zero attached hydrogens (tertiary/aromatic N) is 1. The first-order valence-corrected chi connectivity index (χ1v) is 5.65. The van der Waals surface area contributed by atoms with Crippen molar-refractivity contribution >= 4 is 6.29 Å². The Bertz CT molecular complexity index is 200. The molecule has 0 spiro atoms. The zero-order chi connectivity index (χ0) is 10.8. The van der Waals surface area contributed by atoms with Crippen molar-refractivity contribution in [2.24, 2.45) is 11.3 Å². The second-order valence-corrected chi connectivity index (χ2v) is 5.57. The van der Waals surface area contributed by atoms with Gasteiger partial charge in [-0.05, 0) is 25.7 Å². The van der Waals surface area contributed by atoms with Crippen molar-refractivity contribution in [1.29, 1.82) is 0 Å². The predicted molar refractivity (Wildman–Crippen MR) is 59.3 cm³/mol. The molecule has 2 atom stereocenters. The molecule has 0 aliphatic carbocycles. The Morgan fingerprint density at radius 1 is 1.36 bits per heavy atom. The minimum Gasteiger partial charge on any atom is -0.303 e. The van der Waals surface area contributed by atoms with Gasteiger partial charge in [-0.25, -0.2) is 0 Å². The minimum absolute atomic E-state index is 0.189. The lowest BCUT2D eigenvalue weighted by molar-refractivity contribution is -0.116. The molecule has 0 saturated carbocycles. The van der Waals surface area contributed by atoms with Gasteiger partial charge in [0.1, 0.15) is 6.29 Å². The standard InChI is InChI=1S/C12H23NO/c1-10-5-6-11(2)13(7-10)8-12(3,4)9-14/h9-11H,5-8H2,1-4H3. The van der Waals surface area contributed by atoms with Crippen LogP contribution in [0.15, 0.2) is 0 Å². The van der Waals surface area contributed by atoms with E-state index in [0.29, 0.717) is 6.04 Å². The number of hydrogen-bond acceptors (Lipinski definition) is 2. The average Bonchev–Trinajstić information content (AvgIpc) is 2.11. The van der Waals surface area contributed by atoms with Gasteiger partial charge in [-0.3, -0.25) is 4.90 Å². The summed E-state index contributed by atoms with van der Waals surface area (Å²) in [5.41, 5.74) is -0.189. The normalized spacial score (nSPS) is 30.3. The molecule has 0 amide bonds. The second kappa shape index (κ2) is 4.43. The maximum atomic E-state index is 10.9. The van der Waals surface area contributed by atoms with Crippen LogP contribution < -0.4 is 0 Å². The van der Waals surface area contributed by atoms with Crippen LogP contribution in [0, 0.1) is 11.3 Å². The van der Waals surface area contributed by atoms with E-state index >= 15 is 0 Å². The number of carbonyl (C=O) groups is 1. The molecule has 0 bridgehead atoms. The van der Waals surface area contributed by atoms with E-state index in [-0.39, 0.29) is 5.41 Å². The minimum atomic E-state index is -0.189. The van der Waals surface area contributed by atoms with Gasteiger partial charge >= 0.3 is 0 Å². The first-order valence-electron chi connectivity index (χ1n) is 5.65. The highest BCUT2D eigenvalue weighted by Gasteiger charge is 2.28. The molecule has 1 aliphatic rings. The molecule has 0 aromatic carbocycles. The van der Waals surface area contributed by atoms with E-state index in [1.54, 1.807) is 0 Å². The zero-order valence-corrected chi connectivity index (χ0v) is 9.92. The van der Waals surface area contributed by atoms with Crippen molar-refractivity contribution in [1.82, 2.24) is 4.90 Å². The van der Waals surface area contributed by atoms with Gasteiger partial charge in [0.05, 0.1) is 0 Å². The highest BCUT2D eigenvalue weighted by atomic mass is 16.1. The molecule has 2 nitrogen and oxygen atoms in total. The maximum absolute atomic E-state index is 10.9. The smallest absolute Gasteiger partial charge is 0.126 e. The van der Waals surface area contributed by atoms with E-state index in [9.17, 15) is 4.79 Å². The molecule has 0 N–H and O–H groups in total. The Morgan fingerprint density at radius 3 is 2.57 bits per heavy atom. The zero-order valence-electron chi connectivity index (χ0n) is 9.92. The Labute approximate surface area is 87.7 Å². The number of likely N-dealkylation sites (tertiary alicyclic amines) is 1. The Kier molecular flexibility index (Phi) is 3.71. The van der Waals surface area contributed by atoms with Crippen LogP contribution in [0.4, 0.5) is 0 Å². The van der Waals surface area contributed by atoms with Crippen molar-refractivity contribution in [3.05, 3.63) is 0 Å². The van der Waals surface area contributed by atoms with Crippen molar-refractivity contribution in [3.8, 4) is 0 Å². The van der Waals surface area contributed by atoms with E-state index in [1.165, 1.54) is 12.8 Å². The van der Waals surface area contributed by atoms with Crippen LogP contribution in [0.3, 0.4) is 0 Å². The van der Waals surface area contributed by atoms with Crippen LogP contribution in [-0.4, -0.2) is 30.3 Å². The summed E-state index contributed by atoms with van der Waals surface area (Å²) in [6.45, 7) is 10.7. The fraction of sp³-hybridized carbons (Fsp3) is 0.917. The van der Waals surface area contributed by atoms with Crippen molar-refractivity contribution < 1.29 is 4.79 Å². The number of rotatable bonds is 3. The molecule has 2 unspecified atom stereocenters. The molecule has 0 radical (unpaired) electrons. The van der Waals surface area contributed by atoms with Gasteiger partial charge in [-0.1, -0.05) is 20.8 Å². The fourth-order valence-electron chi connectivity index (χ4n) is 2.16. The first-order chi connectivity index (χ1) is 6.44. The van der Waals surface area contributed by atoms with Gasteiger partial charge in [-0.2, -0.15) is 0 Å². The second-order valence-electron chi connectivity index (χ2n) is 5.57. The predicted octanol–water partition coefficient (Wildman–Crippen LogP) is 2.33. The number of aldehydes is 1. The third-order valence-corrected chi connectivity index (χ3v) is 3.18. The first kappa shape index (κ1) is 11.7. The van der Waals surface area contributed by atoms with E-state index in [4.69, 9.17) is 0 Å².